The van der Waals surface area contributed by atoms with E-state index in [-0.39, 0.29) is 0 Å². The van der Waals surface area contributed by atoms with Crippen LogP contribution in [0.1, 0.15) is 16.7 Å². The van der Waals surface area contributed by atoms with E-state index in [1.54, 1.807) is 0 Å². The zero-order valence-corrected chi connectivity index (χ0v) is 19.7. The Kier molecular flexibility index (Phi) is 5.61. The number of para-hydroxylation sites is 3. The van der Waals surface area contributed by atoms with Crippen molar-refractivity contribution < 1.29 is 9.84 Å². The molecule has 6 rings (SSSR count). The maximum absolute atomic E-state index is 12.4. The lowest BCUT2D eigenvalue weighted by molar-refractivity contribution is 0.123. The first kappa shape index (κ1) is 21.9. The van der Waals surface area contributed by atoms with Crippen molar-refractivity contribution in [3.63, 3.8) is 0 Å². The summed E-state index contributed by atoms with van der Waals surface area (Å²) < 4.78 is 8.77. The first-order valence-electron chi connectivity index (χ1n) is 12.0. The molecule has 3 heteroatoms. The Labute approximate surface area is 210 Å². The van der Waals surface area contributed by atoms with Crippen molar-refractivity contribution in [1.29, 1.82) is 0 Å². The minimum atomic E-state index is -1.39. The monoisotopic (exact) mass is 467 g/mol. The Bertz CT molecular complexity index is 1570. The molecule has 0 aliphatic carbocycles. The number of fused-ring (bicyclic) bond motifs is 1. The largest absolute Gasteiger partial charge is 0.455 e. The van der Waals surface area contributed by atoms with Crippen molar-refractivity contribution in [2.75, 3.05) is 0 Å². The molecule has 1 aromatic heterocycles. The van der Waals surface area contributed by atoms with Gasteiger partial charge in [0.25, 0.3) is 0 Å². The maximum Gasteiger partial charge on any atom is 0.153 e. The molecule has 0 amide bonds. The van der Waals surface area contributed by atoms with Crippen molar-refractivity contribution in [2.45, 2.75) is 5.60 Å². The highest BCUT2D eigenvalue weighted by Crippen LogP contribution is 2.43. The van der Waals surface area contributed by atoms with Gasteiger partial charge in [-0.25, -0.2) is 0 Å². The molecule has 174 valence electrons. The molecule has 0 saturated carbocycles. The Balaban J connectivity index is 1.52. The Hall–Kier alpha value is -4.60. The van der Waals surface area contributed by atoms with E-state index in [9.17, 15) is 5.11 Å². The third-order valence-electron chi connectivity index (χ3n) is 6.59. The minimum absolute atomic E-state index is 0.601. The van der Waals surface area contributed by atoms with Gasteiger partial charge in [-0.3, -0.25) is 0 Å². The van der Waals surface area contributed by atoms with Gasteiger partial charge in [-0.2, -0.15) is 0 Å². The molecule has 1 heterocycles. The van der Waals surface area contributed by atoms with Gasteiger partial charge >= 0.3 is 0 Å². The Morgan fingerprint density at radius 1 is 0.528 bits per heavy atom. The van der Waals surface area contributed by atoms with Crippen LogP contribution in [0.5, 0.6) is 11.5 Å². The van der Waals surface area contributed by atoms with Crippen LogP contribution in [0.2, 0.25) is 0 Å². The second-order valence-corrected chi connectivity index (χ2v) is 8.76. The van der Waals surface area contributed by atoms with Crippen LogP contribution in [0.25, 0.3) is 16.6 Å². The summed E-state index contributed by atoms with van der Waals surface area (Å²) in [5.74, 6) is 1.33. The standard InChI is InChI=1S/C33H25NO2/c35-33(25-14-4-1-5-15-25,26-16-6-2-7-17-26)29-21-11-13-23-31(29)36-32-24-34(27-18-8-3-9-19-27)30-22-12-10-20-28(30)32/h1-24,35H. The van der Waals surface area contributed by atoms with Crippen LogP contribution >= 0.6 is 0 Å². The topological polar surface area (TPSA) is 34.4 Å². The number of nitrogens with zero attached hydrogens (tertiary/aromatic N) is 1. The smallest absolute Gasteiger partial charge is 0.153 e. The molecular formula is C33H25NO2. The summed E-state index contributed by atoms with van der Waals surface area (Å²) in [7, 11) is 0. The summed E-state index contributed by atoms with van der Waals surface area (Å²) in [5.41, 5.74) is 2.95. The highest BCUT2D eigenvalue weighted by molar-refractivity contribution is 5.88. The predicted octanol–water partition coefficient (Wildman–Crippen LogP) is 7.71. The van der Waals surface area contributed by atoms with E-state index in [4.69, 9.17) is 4.74 Å². The van der Waals surface area contributed by atoms with Crippen molar-refractivity contribution in [3.05, 3.63) is 162 Å². The van der Waals surface area contributed by atoms with Crippen molar-refractivity contribution >= 4 is 10.9 Å². The van der Waals surface area contributed by atoms with E-state index in [2.05, 4.69) is 28.8 Å². The fourth-order valence-electron chi connectivity index (χ4n) is 4.84. The fraction of sp³-hybridized carbons (Fsp3) is 0.0303. The van der Waals surface area contributed by atoms with Gasteiger partial charge in [-0.05, 0) is 41.5 Å². The molecule has 1 N–H and O–H groups in total. The highest BCUT2D eigenvalue weighted by atomic mass is 16.5. The number of rotatable bonds is 6. The van der Waals surface area contributed by atoms with Crippen LogP contribution in [-0.2, 0) is 5.60 Å². The van der Waals surface area contributed by atoms with E-state index < -0.39 is 5.60 Å². The lowest BCUT2D eigenvalue weighted by Crippen LogP contribution is -2.29. The quantitative estimate of drug-likeness (QED) is 0.255. The van der Waals surface area contributed by atoms with Crippen molar-refractivity contribution in [2.24, 2.45) is 0 Å². The molecule has 0 aliphatic rings. The fourth-order valence-corrected chi connectivity index (χ4v) is 4.84. The second-order valence-electron chi connectivity index (χ2n) is 8.76. The van der Waals surface area contributed by atoms with Gasteiger partial charge in [0.15, 0.2) is 5.75 Å². The predicted molar refractivity (Wildman–Crippen MR) is 145 cm³/mol. The average Bonchev–Trinajstić information content (AvgIpc) is 3.33. The minimum Gasteiger partial charge on any atom is -0.455 e. The lowest BCUT2D eigenvalue weighted by atomic mass is 9.80. The Morgan fingerprint density at radius 3 is 1.72 bits per heavy atom. The number of hydrogen-bond donors (Lipinski definition) is 1. The number of aliphatic hydroxyl groups is 1. The van der Waals surface area contributed by atoms with Gasteiger partial charge in [0, 0.05) is 16.6 Å². The highest BCUT2D eigenvalue weighted by Gasteiger charge is 2.36. The van der Waals surface area contributed by atoms with Crippen molar-refractivity contribution in [1.82, 2.24) is 4.57 Å². The molecule has 0 bridgehead atoms. The molecule has 36 heavy (non-hydrogen) atoms. The van der Waals surface area contributed by atoms with Crippen LogP contribution in [0.3, 0.4) is 0 Å². The van der Waals surface area contributed by atoms with Gasteiger partial charge in [-0.15, -0.1) is 0 Å². The molecule has 0 spiro atoms. The molecule has 0 unspecified atom stereocenters. The molecule has 6 aromatic rings. The number of hydrogen-bond acceptors (Lipinski definition) is 2. The molecule has 3 nitrogen and oxygen atoms in total. The molecule has 0 radical (unpaired) electrons. The molecule has 0 saturated heterocycles. The molecule has 5 aromatic carbocycles. The third kappa shape index (κ3) is 3.76. The second kappa shape index (κ2) is 9.21. The lowest BCUT2D eigenvalue weighted by Gasteiger charge is -2.31. The van der Waals surface area contributed by atoms with E-state index in [0.29, 0.717) is 11.3 Å². The summed E-state index contributed by atoms with van der Waals surface area (Å²) in [6.07, 6.45) is 2.01. The zero-order valence-electron chi connectivity index (χ0n) is 19.7. The average molecular weight is 468 g/mol. The molecule has 0 fully saturated rings. The normalized spacial score (nSPS) is 11.5. The van der Waals surface area contributed by atoms with Gasteiger partial charge in [-0.1, -0.05) is 109 Å². The molecule has 0 aliphatic heterocycles. The summed E-state index contributed by atoms with van der Waals surface area (Å²) in [5, 5.41) is 13.4. The van der Waals surface area contributed by atoms with E-state index >= 15 is 0 Å². The van der Waals surface area contributed by atoms with Crippen LogP contribution in [0, 0.1) is 0 Å². The van der Waals surface area contributed by atoms with Crippen LogP contribution in [0.15, 0.2) is 146 Å². The maximum atomic E-state index is 12.4. The molecular weight excluding hydrogens is 442 g/mol. The first-order chi connectivity index (χ1) is 17.7. The Morgan fingerprint density at radius 2 is 1.06 bits per heavy atom. The van der Waals surface area contributed by atoms with E-state index in [1.807, 2.05) is 121 Å². The summed E-state index contributed by atoms with van der Waals surface area (Å²) >= 11 is 0. The van der Waals surface area contributed by atoms with Gasteiger partial charge in [0.05, 0.1) is 11.7 Å². The van der Waals surface area contributed by atoms with Gasteiger partial charge in [0.1, 0.15) is 11.4 Å². The zero-order chi connectivity index (χ0) is 24.4. The van der Waals surface area contributed by atoms with Crippen LogP contribution in [-0.4, -0.2) is 9.67 Å². The van der Waals surface area contributed by atoms with Gasteiger partial charge in [0.2, 0.25) is 0 Å². The van der Waals surface area contributed by atoms with Crippen molar-refractivity contribution in [3.8, 4) is 17.2 Å². The summed E-state index contributed by atoms with van der Waals surface area (Å²) in [6.45, 7) is 0. The molecule has 0 atom stereocenters. The third-order valence-corrected chi connectivity index (χ3v) is 6.59. The summed E-state index contributed by atoms with van der Waals surface area (Å²) in [6, 6.07) is 45.6. The van der Waals surface area contributed by atoms with E-state index in [0.717, 1.165) is 33.5 Å². The first-order valence-corrected chi connectivity index (χ1v) is 12.0. The van der Waals surface area contributed by atoms with Crippen LogP contribution < -0.4 is 4.74 Å². The van der Waals surface area contributed by atoms with Gasteiger partial charge < -0.3 is 14.4 Å². The summed E-state index contributed by atoms with van der Waals surface area (Å²) in [4.78, 5) is 0. The number of benzene rings is 5. The van der Waals surface area contributed by atoms with E-state index in [1.165, 1.54) is 0 Å². The van der Waals surface area contributed by atoms with Crippen LogP contribution in [0.4, 0.5) is 0 Å². The number of aromatic nitrogens is 1. The number of ether oxygens (including phenoxy) is 1. The SMILES string of the molecule is OC(c1ccccc1)(c1ccccc1)c1ccccc1Oc1cn(-c2ccccc2)c2ccccc12.